The number of nitrogens with zero attached hydrogens (tertiary/aromatic N) is 1. The molecule has 2 rings (SSSR count). The summed E-state index contributed by atoms with van der Waals surface area (Å²) in [5, 5.41) is 12.5. The second-order valence-electron chi connectivity index (χ2n) is 6.09. The van der Waals surface area contributed by atoms with Gasteiger partial charge in [0, 0.05) is 32.2 Å². The Hall–Kier alpha value is -1.13. The predicted octanol–water partition coefficient (Wildman–Crippen LogP) is 2.39. The molecule has 1 saturated heterocycles. The SMILES string of the molecule is CC(C)CNCc1ccc(N2CCC(CO)C2)c(F)c1. The molecule has 1 aliphatic heterocycles. The lowest BCUT2D eigenvalue weighted by Crippen LogP contribution is -2.22. The minimum absolute atomic E-state index is 0.160. The zero-order valence-electron chi connectivity index (χ0n) is 12.4. The van der Waals surface area contributed by atoms with Crippen molar-refractivity contribution in [1.82, 2.24) is 5.32 Å². The number of rotatable bonds is 6. The average Bonchev–Trinajstić information content (AvgIpc) is 2.87. The highest BCUT2D eigenvalue weighted by molar-refractivity contribution is 5.50. The predicted molar refractivity (Wildman–Crippen MR) is 80.4 cm³/mol. The quantitative estimate of drug-likeness (QED) is 0.840. The van der Waals surface area contributed by atoms with Gasteiger partial charge in [0.25, 0.3) is 0 Å². The fourth-order valence-corrected chi connectivity index (χ4v) is 2.62. The molecule has 1 atom stereocenters. The van der Waals surface area contributed by atoms with Gasteiger partial charge in [0.05, 0.1) is 5.69 Å². The van der Waals surface area contributed by atoms with E-state index in [1.807, 2.05) is 17.0 Å². The van der Waals surface area contributed by atoms with E-state index in [1.54, 1.807) is 6.07 Å². The summed E-state index contributed by atoms with van der Waals surface area (Å²) in [4.78, 5) is 2.03. The number of nitrogens with one attached hydrogen (secondary N) is 1. The molecule has 4 heteroatoms. The van der Waals surface area contributed by atoms with Crippen LogP contribution in [-0.4, -0.2) is 31.3 Å². The van der Waals surface area contributed by atoms with Crippen LogP contribution in [0.5, 0.6) is 0 Å². The Morgan fingerprint density at radius 2 is 2.25 bits per heavy atom. The molecule has 0 radical (unpaired) electrons. The van der Waals surface area contributed by atoms with Gasteiger partial charge in [-0.15, -0.1) is 0 Å². The van der Waals surface area contributed by atoms with E-state index >= 15 is 0 Å². The Balaban J connectivity index is 1.96. The van der Waals surface area contributed by atoms with Gasteiger partial charge in [-0.2, -0.15) is 0 Å². The summed E-state index contributed by atoms with van der Waals surface area (Å²) in [5.74, 6) is 0.716. The lowest BCUT2D eigenvalue weighted by Gasteiger charge is -2.19. The van der Waals surface area contributed by atoms with Crippen LogP contribution in [0.25, 0.3) is 0 Å². The molecule has 1 aliphatic rings. The number of aliphatic hydroxyl groups is 1. The number of halogens is 1. The van der Waals surface area contributed by atoms with Crippen LogP contribution >= 0.6 is 0 Å². The van der Waals surface area contributed by atoms with Crippen molar-refractivity contribution in [2.24, 2.45) is 11.8 Å². The first kappa shape index (κ1) is 15.3. The van der Waals surface area contributed by atoms with Crippen LogP contribution in [0.2, 0.25) is 0 Å². The molecule has 0 saturated carbocycles. The smallest absolute Gasteiger partial charge is 0.146 e. The first-order chi connectivity index (χ1) is 9.60. The number of aliphatic hydroxyl groups excluding tert-OH is 1. The summed E-state index contributed by atoms with van der Waals surface area (Å²) in [6.07, 6.45) is 0.938. The van der Waals surface area contributed by atoms with E-state index in [-0.39, 0.29) is 18.3 Å². The van der Waals surface area contributed by atoms with Crippen molar-refractivity contribution in [3.63, 3.8) is 0 Å². The topological polar surface area (TPSA) is 35.5 Å². The molecule has 3 nitrogen and oxygen atoms in total. The van der Waals surface area contributed by atoms with Crippen LogP contribution in [0.4, 0.5) is 10.1 Å². The molecule has 0 aromatic heterocycles. The van der Waals surface area contributed by atoms with Crippen molar-refractivity contribution in [3.8, 4) is 0 Å². The molecular formula is C16H25FN2O. The molecule has 0 bridgehead atoms. The lowest BCUT2D eigenvalue weighted by atomic mass is 10.1. The fraction of sp³-hybridized carbons (Fsp3) is 0.625. The lowest BCUT2D eigenvalue weighted by molar-refractivity contribution is 0.238. The molecule has 2 N–H and O–H groups in total. The van der Waals surface area contributed by atoms with Gasteiger partial charge in [0.2, 0.25) is 0 Å². The van der Waals surface area contributed by atoms with Gasteiger partial charge in [-0.3, -0.25) is 0 Å². The normalized spacial score (nSPS) is 19.1. The summed E-state index contributed by atoms with van der Waals surface area (Å²) >= 11 is 0. The van der Waals surface area contributed by atoms with E-state index in [4.69, 9.17) is 5.11 Å². The average molecular weight is 280 g/mol. The zero-order chi connectivity index (χ0) is 14.5. The highest BCUT2D eigenvalue weighted by Gasteiger charge is 2.23. The van der Waals surface area contributed by atoms with Gasteiger partial charge >= 0.3 is 0 Å². The van der Waals surface area contributed by atoms with E-state index in [0.717, 1.165) is 31.6 Å². The second kappa shape index (κ2) is 7.04. The molecule has 0 amide bonds. The van der Waals surface area contributed by atoms with Crippen molar-refractivity contribution in [2.75, 3.05) is 31.1 Å². The van der Waals surface area contributed by atoms with Crippen molar-refractivity contribution in [2.45, 2.75) is 26.8 Å². The number of benzene rings is 1. The Morgan fingerprint density at radius 1 is 1.45 bits per heavy atom. The summed E-state index contributed by atoms with van der Waals surface area (Å²) in [5.41, 5.74) is 1.64. The minimum atomic E-state index is -0.160. The third kappa shape index (κ3) is 3.93. The molecule has 112 valence electrons. The largest absolute Gasteiger partial charge is 0.396 e. The Bertz CT molecular complexity index is 436. The van der Waals surface area contributed by atoms with Crippen LogP contribution in [0.3, 0.4) is 0 Å². The maximum Gasteiger partial charge on any atom is 0.146 e. The third-order valence-corrected chi connectivity index (χ3v) is 3.78. The van der Waals surface area contributed by atoms with E-state index in [9.17, 15) is 4.39 Å². The summed E-state index contributed by atoms with van der Waals surface area (Å²) in [6, 6.07) is 5.47. The number of anilines is 1. The molecule has 20 heavy (non-hydrogen) atoms. The molecular weight excluding hydrogens is 255 g/mol. The van der Waals surface area contributed by atoms with Gasteiger partial charge in [0.1, 0.15) is 5.82 Å². The first-order valence-corrected chi connectivity index (χ1v) is 7.45. The summed E-state index contributed by atoms with van der Waals surface area (Å²) in [7, 11) is 0. The maximum atomic E-state index is 14.2. The van der Waals surface area contributed by atoms with Gasteiger partial charge < -0.3 is 15.3 Å². The van der Waals surface area contributed by atoms with Crippen LogP contribution in [0.15, 0.2) is 18.2 Å². The Morgan fingerprint density at radius 3 is 2.85 bits per heavy atom. The third-order valence-electron chi connectivity index (χ3n) is 3.78. The number of hydrogen-bond donors (Lipinski definition) is 2. The monoisotopic (exact) mass is 280 g/mol. The van der Waals surface area contributed by atoms with Crippen molar-refractivity contribution in [1.29, 1.82) is 0 Å². The second-order valence-corrected chi connectivity index (χ2v) is 6.09. The molecule has 1 unspecified atom stereocenters. The Labute approximate surface area is 120 Å². The standard InChI is InChI=1S/C16H25FN2O/c1-12(2)8-18-9-13-3-4-16(15(17)7-13)19-6-5-14(10-19)11-20/h3-4,7,12,14,18,20H,5-6,8-11H2,1-2H3. The Kier molecular flexibility index (Phi) is 5.38. The molecule has 1 fully saturated rings. The van der Waals surface area contributed by atoms with Crippen molar-refractivity contribution >= 4 is 5.69 Å². The highest BCUT2D eigenvalue weighted by Crippen LogP contribution is 2.26. The maximum absolute atomic E-state index is 14.2. The van der Waals surface area contributed by atoms with Crippen LogP contribution < -0.4 is 10.2 Å². The first-order valence-electron chi connectivity index (χ1n) is 7.45. The van der Waals surface area contributed by atoms with Crippen LogP contribution in [0.1, 0.15) is 25.8 Å². The van der Waals surface area contributed by atoms with Crippen LogP contribution in [-0.2, 0) is 6.54 Å². The summed E-state index contributed by atoms with van der Waals surface area (Å²) in [6.45, 7) is 7.71. The highest BCUT2D eigenvalue weighted by atomic mass is 19.1. The minimum Gasteiger partial charge on any atom is -0.396 e. The van der Waals surface area contributed by atoms with E-state index in [0.29, 0.717) is 18.2 Å². The molecule has 1 aromatic rings. The van der Waals surface area contributed by atoms with E-state index in [2.05, 4.69) is 19.2 Å². The van der Waals surface area contributed by atoms with E-state index < -0.39 is 0 Å². The van der Waals surface area contributed by atoms with Crippen molar-refractivity contribution in [3.05, 3.63) is 29.6 Å². The number of hydrogen-bond acceptors (Lipinski definition) is 3. The molecule has 0 aliphatic carbocycles. The summed E-state index contributed by atoms with van der Waals surface area (Å²) < 4.78 is 14.2. The van der Waals surface area contributed by atoms with E-state index in [1.165, 1.54) is 0 Å². The van der Waals surface area contributed by atoms with Gasteiger partial charge in [0.15, 0.2) is 0 Å². The van der Waals surface area contributed by atoms with Gasteiger partial charge in [-0.25, -0.2) is 4.39 Å². The van der Waals surface area contributed by atoms with Gasteiger partial charge in [-0.1, -0.05) is 19.9 Å². The zero-order valence-corrected chi connectivity index (χ0v) is 12.4. The van der Waals surface area contributed by atoms with Crippen molar-refractivity contribution < 1.29 is 9.50 Å². The van der Waals surface area contributed by atoms with Gasteiger partial charge in [-0.05, 0) is 36.6 Å². The fourth-order valence-electron chi connectivity index (χ4n) is 2.62. The molecule has 0 spiro atoms. The molecule has 1 heterocycles. The molecule has 1 aromatic carbocycles. The van der Waals surface area contributed by atoms with Crippen LogP contribution in [0, 0.1) is 17.7 Å².